The number of hydrogen-bond acceptors (Lipinski definition) is 5. The van der Waals surface area contributed by atoms with Gasteiger partial charge in [0.05, 0.1) is 6.61 Å². The van der Waals surface area contributed by atoms with Gasteiger partial charge in [-0.2, -0.15) is 0 Å². The summed E-state index contributed by atoms with van der Waals surface area (Å²) in [7, 11) is 3.84. The van der Waals surface area contributed by atoms with Crippen molar-refractivity contribution >= 4 is 24.4 Å². The van der Waals surface area contributed by atoms with E-state index in [1.54, 1.807) is 61.2 Å². The lowest BCUT2D eigenvalue weighted by Crippen LogP contribution is -2.26. The first kappa shape index (κ1) is 33.6. The quantitative estimate of drug-likeness (QED) is 0.469. The maximum atomic E-state index is 12.1. The van der Waals surface area contributed by atoms with Crippen LogP contribution in [0.2, 0.25) is 0 Å². The highest BCUT2D eigenvalue weighted by Gasteiger charge is 2.03. The largest absolute Gasteiger partial charge is 0.395 e. The van der Waals surface area contributed by atoms with E-state index in [0.717, 1.165) is 11.1 Å². The molecular weight excluding hydrogens is 443 g/mol. The van der Waals surface area contributed by atoms with Crippen LogP contribution in [-0.4, -0.2) is 55.6 Å². The minimum atomic E-state index is -0.211. The van der Waals surface area contributed by atoms with Crippen LogP contribution >= 0.6 is 0 Å². The Kier molecular flexibility index (Phi) is 22.6. The number of halogens is 1. The van der Waals surface area contributed by atoms with Gasteiger partial charge in [-0.3, -0.25) is 14.8 Å². The van der Waals surface area contributed by atoms with Gasteiger partial charge in [0.1, 0.15) is 5.82 Å². The van der Waals surface area contributed by atoms with E-state index in [-0.39, 0.29) is 24.9 Å². The number of aliphatic hydroxyl groups excluding tert-OH is 1. The van der Waals surface area contributed by atoms with Gasteiger partial charge in [0.2, 0.25) is 0 Å². The van der Waals surface area contributed by atoms with Crippen molar-refractivity contribution in [2.75, 3.05) is 27.2 Å². The molecule has 0 bridgehead atoms. The highest BCUT2D eigenvalue weighted by atomic mass is 19.1. The summed E-state index contributed by atoms with van der Waals surface area (Å²) >= 11 is 0. The maximum absolute atomic E-state index is 12.1. The Morgan fingerprint density at radius 2 is 1.60 bits per heavy atom. The second kappa shape index (κ2) is 23.6. The van der Waals surface area contributed by atoms with Crippen molar-refractivity contribution in [3.05, 3.63) is 89.6 Å². The first-order valence-corrected chi connectivity index (χ1v) is 11.7. The predicted octanol–water partition coefficient (Wildman–Crippen LogP) is 5.74. The molecule has 7 heteroatoms. The van der Waals surface area contributed by atoms with Crippen LogP contribution in [0.15, 0.2) is 77.1 Å². The molecule has 192 valence electrons. The van der Waals surface area contributed by atoms with Gasteiger partial charge in [0.15, 0.2) is 0 Å². The Hall–Kier alpha value is -3.58. The molecule has 6 nitrogen and oxygen atoms in total. The Morgan fingerprint density at radius 3 is 2.14 bits per heavy atom. The number of rotatable bonds is 8. The van der Waals surface area contributed by atoms with Gasteiger partial charge >= 0.3 is 0 Å². The smallest absolute Gasteiger partial charge is 0.251 e. The van der Waals surface area contributed by atoms with E-state index in [2.05, 4.69) is 15.3 Å². The fraction of sp³-hybridized carbons (Fsp3) is 0.321. The number of nitrogens with one attached hydrogen (secondary N) is 1. The minimum absolute atomic E-state index is 0.0780. The van der Waals surface area contributed by atoms with E-state index >= 15 is 0 Å². The summed E-state index contributed by atoms with van der Waals surface area (Å²) in [6, 6.07) is 13.5. The third-order valence-electron chi connectivity index (χ3n) is 3.60. The molecule has 0 fully saturated rings. The second-order valence-corrected chi connectivity index (χ2v) is 6.57. The van der Waals surface area contributed by atoms with Crippen molar-refractivity contribution in [3.63, 3.8) is 0 Å². The Balaban J connectivity index is 0. The van der Waals surface area contributed by atoms with Crippen LogP contribution < -0.4 is 5.32 Å². The first-order chi connectivity index (χ1) is 16.9. The van der Waals surface area contributed by atoms with E-state index in [1.165, 1.54) is 12.1 Å². The van der Waals surface area contributed by atoms with Crippen molar-refractivity contribution in [1.29, 1.82) is 0 Å². The lowest BCUT2D eigenvalue weighted by Gasteiger charge is -2.03. The molecule has 0 unspecified atom stereocenters. The predicted molar refractivity (Wildman–Crippen MR) is 149 cm³/mol. The lowest BCUT2D eigenvalue weighted by atomic mass is 10.1. The van der Waals surface area contributed by atoms with Crippen molar-refractivity contribution in [3.8, 4) is 0 Å². The van der Waals surface area contributed by atoms with Gasteiger partial charge in [-0.05, 0) is 42.8 Å². The summed E-state index contributed by atoms with van der Waals surface area (Å²) < 4.78 is 12.1. The fourth-order valence-electron chi connectivity index (χ4n) is 2.07. The molecule has 0 saturated carbocycles. The molecule has 2 aromatic carbocycles. The number of benzene rings is 2. The van der Waals surface area contributed by atoms with E-state index in [0.29, 0.717) is 5.56 Å². The van der Waals surface area contributed by atoms with E-state index in [9.17, 15) is 9.18 Å². The lowest BCUT2D eigenvalue weighted by molar-refractivity contribution is 0.0944. The minimum Gasteiger partial charge on any atom is -0.395 e. The van der Waals surface area contributed by atoms with Gasteiger partial charge in [0, 0.05) is 57.2 Å². The van der Waals surface area contributed by atoms with Crippen molar-refractivity contribution < 1.29 is 14.3 Å². The van der Waals surface area contributed by atoms with Crippen molar-refractivity contribution in [1.82, 2.24) is 10.2 Å². The molecule has 0 aromatic heterocycles. The highest BCUT2D eigenvalue weighted by Crippen LogP contribution is 2.07. The van der Waals surface area contributed by atoms with E-state index in [1.807, 2.05) is 65.9 Å². The van der Waals surface area contributed by atoms with Crippen LogP contribution in [0.3, 0.4) is 0 Å². The normalized spacial score (nSPS) is 10.3. The summed E-state index contributed by atoms with van der Waals surface area (Å²) in [6.07, 6.45) is 10.1. The Bertz CT molecular complexity index is 884. The van der Waals surface area contributed by atoms with Gasteiger partial charge < -0.3 is 15.3 Å². The fourth-order valence-corrected chi connectivity index (χ4v) is 2.07. The molecule has 0 aliphatic rings. The molecule has 2 aromatic rings. The summed E-state index contributed by atoms with van der Waals surface area (Å²) in [5, 5.41) is 11.3. The van der Waals surface area contributed by atoms with Gasteiger partial charge in [0.25, 0.3) is 5.91 Å². The van der Waals surface area contributed by atoms with Crippen molar-refractivity contribution in [2.24, 2.45) is 9.98 Å². The molecule has 0 saturated heterocycles. The Labute approximate surface area is 210 Å². The molecule has 0 heterocycles. The summed E-state index contributed by atoms with van der Waals surface area (Å²) in [4.78, 5) is 21.8. The number of carbonyl (C=O) groups is 1. The third kappa shape index (κ3) is 19.6. The molecule has 0 aliphatic heterocycles. The van der Waals surface area contributed by atoms with Gasteiger partial charge in [-0.15, -0.1) is 0 Å². The van der Waals surface area contributed by atoms with Crippen LogP contribution in [0.4, 0.5) is 4.39 Å². The average molecular weight is 485 g/mol. The van der Waals surface area contributed by atoms with Gasteiger partial charge in [-0.25, -0.2) is 4.39 Å². The number of nitrogens with zero attached hydrogens (tertiary/aromatic N) is 3. The molecule has 0 atom stereocenters. The number of aliphatic imine (C=N–C) groups is 2. The van der Waals surface area contributed by atoms with Crippen LogP contribution in [0.1, 0.15) is 49.2 Å². The second-order valence-electron chi connectivity index (χ2n) is 6.57. The topological polar surface area (TPSA) is 77.3 Å². The number of aliphatic hydroxyl groups is 1. The average Bonchev–Trinajstić information content (AvgIpc) is 2.88. The molecule has 0 radical (unpaired) electrons. The molecule has 2 N–H and O–H groups in total. The van der Waals surface area contributed by atoms with E-state index < -0.39 is 0 Å². The standard InChI is InChI=1S/C17H22N4O2.C7H7F.2C2H6/c1-21(2)12-10-19-9-8-18-7-6-15-4-3-5-16(14-15)17(23)20-11-13-22;1-6-2-4-7(8)5-3-6;2*1-2/h3-10,12,14,22H,11,13H2,1-2H3,(H,20,23);2-5H,1H3;2*1-2H3/b7-6+,12-10-,18-8?,19-9?;;;. The monoisotopic (exact) mass is 484 g/mol. The highest BCUT2D eigenvalue weighted by molar-refractivity contribution is 6.16. The van der Waals surface area contributed by atoms with Crippen LogP contribution in [0.5, 0.6) is 0 Å². The zero-order valence-corrected chi connectivity index (χ0v) is 22.1. The SMILES string of the molecule is CC.CC.CN(C)/C=C\N=CC=N/C=C/c1cccc(C(=O)NCCO)c1.Cc1ccc(F)cc1. The molecule has 2 rings (SSSR count). The van der Waals surface area contributed by atoms with E-state index in [4.69, 9.17) is 5.11 Å². The van der Waals surface area contributed by atoms with Crippen LogP contribution in [-0.2, 0) is 0 Å². The molecular formula is C28H41FN4O2. The molecule has 0 aliphatic carbocycles. The van der Waals surface area contributed by atoms with Crippen molar-refractivity contribution in [2.45, 2.75) is 34.6 Å². The van der Waals surface area contributed by atoms with Crippen LogP contribution in [0, 0.1) is 12.7 Å². The molecule has 35 heavy (non-hydrogen) atoms. The molecule has 0 spiro atoms. The zero-order chi connectivity index (χ0) is 26.9. The summed E-state index contributed by atoms with van der Waals surface area (Å²) in [5.41, 5.74) is 2.50. The maximum Gasteiger partial charge on any atom is 0.251 e. The summed E-state index contributed by atoms with van der Waals surface area (Å²) in [5.74, 6) is -0.381. The number of hydrogen-bond donors (Lipinski definition) is 2. The number of carbonyl (C=O) groups excluding carboxylic acids is 1. The third-order valence-corrected chi connectivity index (χ3v) is 3.60. The number of aryl methyl sites for hydroxylation is 1. The first-order valence-electron chi connectivity index (χ1n) is 11.7. The zero-order valence-electron chi connectivity index (χ0n) is 22.1. The number of amides is 1. The Morgan fingerprint density at radius 1 is 1.00 bits per heavy atom. The summed E-state index contributed by atoms with van der Waals surface area (Å²) in [6.45, 7) is 10.1. The van der Waals surface area contributed by atoms with Crippen LogP contribution in [0.25, 0.3) is 6.08 Å². The molecule has 1 amide bonds. The van der Waals surface area contributed by atoms with Gasteiger partial charge in [-0.1, -0.05) is 57.5 Å².